The number of benzene rings is 1. The summed E-state index contributed by atoms with van der Waals surface area (Å²) in [5.41, 5.74) is -1.28. The lowest BCUT2D eigenvalue weighted by Gasteiger charge is -2.33. The third-order valence-electron chi connectivity index (χ3n) is 4.29. The van der Waals surface area contributed by atoms with Crippen molar-refractivity contribution in [2.24, 2.45) is 0 Å². The first kappa shape index (κ1) is 19.3. The van der Waals surface area contributed by atoms with Gasteiger partial charge in [0.05, 0.1) is 16.1 Å². The molecular weight excluding hydrogens is 414 g/mol. The average molecular weight is 427 g/mol. The van der Waals surface area contributed by atoms with E-state index < -0.39 is 17.7 Å². The maximum atomic E-state index is 14.4. The van der Waals surface area contributed by atoms with Gasteiger partial charge in [0.2, 0.25) is 5.82 Å². The Kier molecular flexibility index (Phi) is 4.88. The number of carbonyl (C=O) groups is 1. The van der Waals surface area contributed by atoms with E-state index in [1.807, 2.05) is 0 Å². The number of ketones is 1. The maximum absolute atomic E-state index is 14.4. The molecule has 10 heteroatoms. The molecule has 0 radical (unpaired) electrons. The first-order chi connectivity index (χ1) is 13.3. The van der Waals surface area contributed by atoms with Crippen molar-refractivity contribution in [3.05, 3.63) is 52.0 Å². The van der Waals surface area contributed by atoms with E-state index in [1.165, 1.54) is 6.07 Å². The van der Waals surface area contributed by atoms with Crippen LogP contribution in [-0.2, 0) is 11.8 Å². The normalized spacial score (nSPS) is 16.1. The van der Waals surface area contributed by atoms with Gasteiger partial charge in [0.15, 0.2) is 11.5 Å². The minimum absolute atomic E-state index is 0.0909. The molecule has 0 spiro atoms. The zero-order valence-corrected chi connectivity index (χ0v) is 15.8. The number of alkyl halides is 4. The SMILES string of the molecule is O=C(CSc1nc(C(F)(F)F)nc2ccccc12)c1ccc(C2(F)CNC2)s1. The molecule has 1 saturated heterocycles. The molecule has 0 aliphatic carbocycles. The van der Waals surface area contributed by atoms with E-state index >= 15 is 0 Å². The lowest BCUT2D eigenvalue weighted by molar-refractivity contribution is -0.145. The summed E-state index contributed by atoms with van der Waals surface area (Å²) in [6.45, 7) is 0.423. The van der Waals surface area contributed by atoms with Crippen molar-refractivity contribution in [2.45, 2.75) is 16.9 Å². The number of nitrogens with zero attached hydrogens (tertiary/aromatic N) is 2. The lowest BCUT2D eigenvalue weighted by Crippen LogP contribution is -2.53. The van der Waals surface area contributed by atoms with Crippen LogP contribution in [0.15, 0.2) is 41.4 Å². The highest BCUT2D eigenvalue weighted by Crippen LogP contribution is 2.36. The minimum atomic E-state index is -4.68. The van der Waals surface area contributed by atoms with Crippen LogP contribution >= 0.6 is 23.1 Å². The Morgan fingerprint density at radius 1 is 1.18 bits per heavy atom. The molecule has 2 aromatic heterocycles. The van der Waals surface area contributed by atoms with Gasteiger partial charge >= 0.3 is 6.18 Å². The zero-order valence-electron chi connectivity index (χ0n) is 14.2. The summed E-state index contributed by atoms with van der Waals surface area (Å²) < 4.78 is 53.6. The molecule has 0 amide bonds. The summed E-state index contributed by atoms with van der Waals surface area (Å²) in [7, 11) is 0. The largest absolute Gasteiger partial charge is 0.451 e. The van der Waals surface area contributed by atoms with Gasteiger partial charge < -0.3 is 5.32 Å². The molecular formula is C18H13F4N3OS2. The first-order valence-electron chi connectivity index (χ1n) is 8.26. The number of fused-ring (bicyclic) bond motifs is 1. The summed E-state index contributed by atoms with van der Waals surface area (Å²) in [5.74, 6) is -1.62. The van der Waals surface area contributed by atoms with Gasteiger partial charge in [0, 0.05) is 23.4 Å². The number of halogens is 4. The summed E-state index contributed by atoms with van der Waals surface area (Å²) in [6.07, 6.45) is -4.68. The van der Waals surface area contributed by atoms with Crippen LogP contribution in [0.5, 0.6) is 0 Å². The Morgan fingerprint density at radius 2 is 1.93 bits per heavy atom. The molecule has 4 rings (SSSR count). The van der Waals surface area contributed by atoms with Crippen LogP contribution < -0.4 is 5.32 Å². The molecule has 1 aromatic carbocycles. The van der Waals surface area contributed by atoms with E-state index in [4.69, 9.17) is 0 Å². The quantitative estimate of drug-likeness (QED) is 0.282. The second-order valence-corrected chi connectivity index (χ2v) is 8.36. The number of carbonyl (C=O) groups excluding carboxylic acids is 1. The number of aromatic nitrogens is 2. The molecule has 0 atom stereocenters. The Balaban J connectivity index is 1.56. The average Bonchev–Trinajstić information content (AvgIpc) is 3.13. The highest BCUT2D eigenvalue weighted by Gasteiger charge is 2.40. The van der Waals surface area contributed by atoms with Crippen LogP contribution in [0.1, 0.15) is 20.4 Å². The summed E-state index contributed by atoms with van der Waals surface area (Å²) in [4.78, 5) is 20.5. The van der Waals surface area contributed by atoms with Gasteiger partial charge in [-0.25, -0.2) is 14.4 Å². The van der Waals surface area contributed by atoms with Crippen molar-refractivity contribution in [3.8, 4) is 0 Å². The van der Waals surface area contributed by atoms with Crippen molar-refractivity contribution < 1.29 is 22.4 Å². The van der Waals surface area contributed by atoms with Gasteiger partial charge in [-0.3, -0.25) is 4.79 Å². The van der Waals surface area contributed by atoms with Crippen LogP contribution in [0.2, 0.25) is 0 Å². The van der Waals surface area contributed by atoms with E-state index in [2.05, 4.69) is 15.3 Å². The van der Waals surface area contributed by atoms with Gasteiger partial charge in [-0.15, -0.1) is 11.3 Å². The Labute approximate surface area is 165 Å². The highest BCUT2D eigenvalue weighted by atomic mass is 32.2. The molecule has 4 nitrogen and oxygen atoms in total. The number of Topliss-reactive ketones (excluding diaryl/α,β-unsaturated/α-hetero) is 1. The second-order valence-electron chi connectivity index (χ2n) is 6.31. The predicted molar refractivity (Wildman–Crippen MR) is 99.6 cm³/mol. The number of thioether (sulfide) groups is 1. The number of hydrogen-bond donors (Lipinski definition) is 1. The Hall–Kier alpha value is -2.04. The minimum Gasteiger partial charge on any atom is -0.309 e. The Bertz CT molecular complexity index is 1050. The van der Waals surface area contributed by atoms with Crippen LogP contribution in [-0.4, -0.2) is 34.6 Å². The van der Waals surface area contributed by atoms with E-state index in [-0.39, 0.29) is 35.2 Å². The number of thiophene rings is 1. The lowest BCUT2D eigenvalue weighted by atomic mass is 9.98. The van der Waals surface area contributed by atoms with E-state index in [0.717, 1.165) is 23.1 Å². The maximum Gasteiger partial charge on any atom is 0.451 e. The molecule has 1 N–H and O–H groups in total. The van der Waals surface area contributed by atoms with E-state index in [1.54, 1.807) is 30.3 Å². The third-order valence-corrected chi connectivity index (χ3v) is 6.59. The fraction of sp³-hybridized carbons (Fsp3) is 0.278. The second kappa shape index (κ2) is 7.09. The molecule has 3 heterocycles. The molecule has 3 aromatic rings. The monoisotopic (exact) mass is 427 g/mol. The van der Waals surface area contributed by atoms with Crippen molar-refractivity contribution >= 4 is 39.8 Å². The molecule has 1 aliphatic rings. The molecule has 146 valence electrons. The van der Waals surface area contributed by atoms with Gasteiger partial charge in [-0.2, -0.15) is 13.2 Å². The van der Waals surface area contributed by atoms with Gasteiger partial charge in [0.25, 0.3) is 0 Å². The first-order valence-corrected chi connectivity index (χ1v) is 10.1. The topological polar surface area (TPSA) is 54.9 Å². The van der Waals surface area contributed by atoms with Crippen LogP contribution in [0.3, 0.4) is 0 Å². The number of nitrogens with one attached hydrogen (secondary N) is 1. The predicted octanol–water partition coefficient (Wildman–Crippen LogP) is 4.45. The van der Waals surface area contributed by atoms with Crippen molar-refractivity contribution in [3.63, 3.8) is 0 Å². The van der Waals surface area contributed by atoms with Gasteiger partial charge in [0.1, 0.15) is 5.03 Å². The number of para-hydroxylation sites is 1. The summed E-state index contributed by atoms with van der Waals surface area (Å²) in [5, 5.41) is 3.39. The fourth-order valence-corrected chi connectivity index (χ4v) is 4.75. The smallest absolute Gasteiger partial charge is 0.309 e. The molecule has 0 unspecified atom stereocenters. The Morgan fingerprint density at radius 3 is 2.61 bits per heavy atom. The zero-order chi connectivity index (χ0) is 19.9. The molecule has 28 heavy (non-hydrogen) atoms. The van der Waals surface area contributed by atoms with Crippen molar-refractivity contribution in [1.82, 2.24) is 15.3 Å². The number of rotatable bonds is 5. The third kappa shape index (κ3) is 3.63. The molecule has 1 aliphatic heterocycles. The van der Waals surface area contributed by atoms with Crippen LogP contribution in [0.25, 0.3) is 10.9 Å². The molecule has 1 fully saturated rings. The number of hydrogen-bond acceptors (Lipinski definition) is 6. The van der Waals surface area contributed by atoms with Crippen molar-refractivity contribution in [2.75, 3.05) is 18.8 Å². The van der Waals surface area contributed by atoms with Gasteiger partial charge in [-0.05, 0) is 18.2 Å². The molecule has 0 saturated carbocycles. The standard InChI is InChI=1S/C18H13F4N3OS2/c19-17(8-23-9-17)14-6-5-13(28-14)12(26)7-27-15-10-3-1-2-4-11(10)24-16(25-15)18(20,21)22/h1-6,23H,7-9H2. The van der Waals surface area contributed by atoms with E-state index in [9.17, 15) is 22.4 Å². The van der Waals surface area contributed by atoms with Gasteiger partial charge in [-0.1, -0.05) is 30.0 Å². The summed E-state index contributed by atoms with van der Waals surface area (Å²) >= 11 is 2.00. The molecule has 0 bridgehead atoms. The van der Waals surface area contributed by atoms with E-state index in [0.29, 0.717) is 15.1 Å². The summed E-state index contributed by atoms with van der Waals surface area (Å²) in [6, 6.07) is 9.49. The van der Waals surface area contributed by atoms with Crippen LogP contribution in [0.4, 0.5) is 17.6 Å². The fourth-order valence-electron chi connectivity index (χ4n) is 2.74. The van der Waals surface area contributed by atoms with Crippen molar-refractivity contribution in [1.29, 1.82) is 0 Å². The highest BCUT2D eigenvalue weighted by molar-refractivity contribution is 8.00. The van der Waals surface area contributed by atoms with Crippen LogP contribution in [0, 0.1) is 0 Å².